The lowest BCUT2D eigenvalue weighted by molar-refractivity contribution is -0.133. The van der Waals surface area contributed by atoms with Crippen molar-refractivity contribution in [2.75, 3.05) is 26.8 Å². The molecule has 266 valence electrons. The zero-order chi connectivity index (χ0) is 35.9. The molecule has 0 aliphatic carbocycles. The van der Waals surface area contributed by atoms with E-state index < -0.39 is 48.2 Å². The van der Waals surface area contributed by atoms with Crippen molar-refractivity contribution in [3.63, 3.8) is 0 Å². The zero-order valence-electron chi connectivity index (χ0n) is 28.8. The van der Waals surface area contributed by atoms with Crippen molar-refractivity contribution in [3.05, 3.63) is 95.6 Å². The predicted molar refractivity (Wildman–Crippen MR) is 189 cm³/mol. The molecule has 12 heteroatoms. The maximum absolute atomic E-state index is 13.6. The molecule has 3 atom stereocenters. The summed E-state index contributed by atoms with van der Waals surface area (Å²) in [6.07, 6.45) is 1.52. The molecule has 0 spiro atoms. The van der Waals surface area contributed by atoms with Crippen LogP contribution in [-0.2, 0) is 32.0 Å². The number of nitrogens with one attached hydrogen (secondary N) is 5. The molecule has 5 N–H and O–H groups in total. The molecular formula is C38H47N5O7. The first kappa shape index (κ1) is 37.4. The van der Waals surface area contributed by atoms with Crippen LogP contribution in [0.5, 0.6) is 11.5 Å². The third-order valence-electron chi connectivity index (χ3n) is 8.28. The van der Waals surface area contributed by atoms with Crippen LogP contribution in [0.2, 0.25) is 0 Å². The van der Waals surface area contributed by atoms with Gasteiger partial charge in [-0.15, -0.1) is 0 Å². The summed E-state index contributed by atoms with van der Waals surface area (Å²) >= 11 is 0. The van der Waals surface area contributed by atoms with E-state index in [-0.39, 0.29) is 37.0 Å². The largest absolute Gasteiger partial charge is 0.497 e. The summed E-state index contributed by atoms with van der Waals surface area (Å²) in [5.41, 5.74) is 2.09. The summed E-state index contributed by atoms with van der Waals surface area (Å²) in [5.74, 6) is -1.99. The average molecular weight is 686 g/mol. The Hall–Kier alpha value is -5.39. The molecule has 1 aliphatic heterocycles. The lowest BCUT2D eigenvalue weighted by Crippen LogP contribution is -2.57. The molecule has 3 aromatic carbocycles. The maximum atomic E-state index is 13.6. The van der Waals surface area contributed by atoms with Crippen molar-refractivity contribution in [3.8, 4) is 11.5 Å². The van der Waals surface area contributed by atoms with E-state index in [0.717, 1.165) is 16.9 Å². The number of hydrogen-bond donors (Lipinski definition) is 5. The molecule has 0 saturated heterocycles. The third kappa shape index (κ3) is 11.4. The number of para-hydroxylation sites is 1. The topological polar surface area (TPSA) is 164 Å². The van der Waals surface area contributed by atoms with Crippen LogP contribution in [-0.4, -0.2) is 74.5 Å². The highest BCUT2D eigenvalue weighted by atomic mass is 16.5. The standard InChI is InChI=1S/C38H47N5O7/c1-25(2)34-38(48)42-30(23-27-12-5-4-6-13-27)36(46)40-20-11-21-50-32-18-8-7-17-29(32)35(45)41-31(24-33(44)43-34)37(47)39-19-10-15-26-14-9-16-28(22-26)49-3/h4-9,12-14,16-18,22,25,30-31,34H,10-11,15,19-21,23-24H2,1-3H3,(H,39,47)(H,40,46)(H,41,45)(H,42,48)(H,43,44)/t30-,31-,34+/m0/s1. The van der Waals surface area contributed by atoms with Gasteiger partial charge in [-0.2, -0.15) is 0 Å². The van der Waals surface area contributed by atoms with Gasteiger partial charge in [0.1, 0.15) is 29.6 Å². The van der Waals surface area contributed by atoms with Crippen LogP contribution >= 0.6 is 0 Å². The first-order valence-corrected chi connectivity index (χ1v) is 17.0. The number of hydrogen-bond acceptors (Lipinski definition) is 7. The monoisotopic (exact) mass is 685 g/mol. The van der Waals surface area contributed by atoms with Gasteiger partial charge in [0.25, 0.3) is 5.91 Å². The normalized spacial score (nSPS) is 19.3. The number of rotatable bonds is 9. The number of aryl methyl sites for hydroxylation is 1. The Kier molecular flexibility index (Phi) is 14.2. The number of carbonyl (C=O) groups is 5. The van der Waals surface area contributed by atoms with Gasteiger partial charge in [0.15, 0.2) is 0 Å². The fraction of sp³-hybridized carbons (Fsp3) is 0.395. The summed E-state index contributed by atoms with van der Waals surface area (Å²) < 4.78 is 11.2. The minimum Gasteiger partial charge on any atom is -0.497 e. The number of amides is 5. The lowest BCUT2D eigenvalue weighted by Gasteiger charge is -2.26. The average Bonchev–Trinajstić information content (AvgIpc) is 3.11. The number of ether oxygens (including phenoxy) is 2. The van der Waals surface area contributed by atoms with Crippen molar-refractivity contribution in [2.45, 2.75) is 64.1 Å². The van der Waals surface area contributed by atoms with Gasteiger partial charge in [-0.25, -0.2) is 0 Å². The van der Waals surface area contributed by atoms with Crippen molar-refractivity contribution < 1.29 is 33.4 Å². The Labute approximate surface area is 293 Å². The van der Waals surface area contributed by atoms with Gasteiger partial charge in [-0.1, -0.05) is 68.4 Å². The second-order valence-electron chi connectivity index (χ2n) is 12.5. The Morgan fingerprint density at radius 1 is 0.900 bits per heavy atom. The van der Waals surface area contributed by atoms with E-state index in [1.807, 2.05) is 54.6 Å². The summed E-state index contributed by atoms with van der Waals surface area (Å²) in [7, 11) is 1.60. The second kappa shape index (κ2) is 19.0. The van der Waals surface area contributed by atoms with Crippen LogP contribution in [0.3, 0.4) is 0 Å². The molecule has 0 saturated carbocycles. The van der Waals surface area contributed by atoms with Crippen molar-refractivity contribution in [1.29, 1.82) is 0 Å². The molecule has 0 aromatic heterocycles. The lowest BCUT2D eigenvalue weighted by atomic mass is 10.0. The fourth-order valence-electron chi connectivity index (χ4n) is 5.54. The molecule has 1 heterocycles. The van der Waals surface area contributed by atoms with Gasteiger partial charge >= 0.3 is 0 Å². The minimum atomic E-state index is -1.25. The Morgan fingerprint density at radius 3 is 2.40 bits per heavy atom. The number of fused-ring (bicyclic) bond motifs is 1. The summed E-state index contributed by atoms with van der Waals surface area (Å²) in [6.45, 7) is 4.29. The number of methoxy groups -OCH3 is 1. The minimum absolute atomic E-state index is 0.190. The summed E-state index contributed by atoms with van der Waals surface area (Å²) in [5, 5.41) is 14.0. The van der Waals surface area contributed by atoms with E-state index in [1.54, 1.807) is 45.2 Å². The quantitative estimate of drug-likeness (QED) is 0.216. The van der Waals surface area contributed by atoms with E-state index in [9.17, 15) is 24.0 Å². The highest BCUT2D eigenvalue weighted by Crippen LogP contribution is 2.19. The molecule has 50 heavy (non-hydrogen) atoms. The predicted octanol–water partition coefficient (Wildman–Crippen LogP) is 2.70. The van der Waals surface area contributed by atoms with Crippen molar-refractivity contribution in [1.82, 2.24) is 26.6 Å². The van der Waals surface area contributed by atoms with E-state index in [2.05, 4.69) is 26.6 Å². The van der Waals surface area contributed by atoms with Gasteiger partial charge in [0.05, 0.1) is 25.7 Å². The molecule has 4 rings (SSSR count). The highest BCUT2D eigenvalue weighted by Gasteiger charge is 2.31. The van der Waals surface area contributed by atoms with Crippen molar-refractivity contribution in [2.24, 2.45) is 5.92 Å². The Bertz CT molecular complexity index is 1610. The van der Waals surface area contributed by atoms with Gasteiger partial charge < -0.3 is 36.1 Å². The van der Waals surface area contributed by atoms with E-state index in [1.165, 1.54) is 0 Å². The van der Waals surface area contributed by atoms with Gasteiger partial charge in [-0.05, 0) is 60.6 Å². The number of benzene rings is 3. The van der Waals surface area contributed by atoms with Crippen LogP contribution in [0.15, 0.2) is 78.9 Å². The molecule has 0 fully saturated rings. The third-order valence-corrected chi connectivity index (χ3v) is 8.28. The van der Waals surface area contributed by atoms with E-state index in [0.29, 0.717) is 31.6 Å². The first-order chi connectivity index (χ1) is 24.1. The SMILES string of the molecule is COc1cccc(CCCNC(=O)[C@@H]2CC(=O)N[C@H](C(C)C)C(=O)N[C@@H](Cc3ccccc3)C(=O)NCCCOc3ccccc3C(=O)N2)c1. The Balaban J connectivity index is 1.53. The molecule has 12 nitrogen and oxygen atoms in total. The zero-order valence-corrected chi connectivity index (χ0v) is 28.8. The van der Waals surface area contributed by atoms with Crippen LogP contribution in [0, 0.1) is 5.92 Å². The molecular weight excluding hydrogens is 638 g/mol. The molecule has 3 aromatic rings. The summed E-state index contributed by atoms with van der Waals surface area (Å²) in [4.78, 5) is 67.4. The van der Waals surface area contributed by atoms with Gasteiger partial charge in [-0.3, -0.25) is 24.0 Å². The molecule has 1 aliphatic rings. The molecule has 0 unspecified atom stereocenters. The van der Waals surface area contributed by atoms with Crippen LogP contribution in [0.4, 0.5) is 0 Å². The first-order valence-electron chi connectivity index (χ1n) is 17.0. The van der Waals surface area contributed by atoms with Crippen molar-refractivity contribution >= 4 is 29.5 Å². The van der Waals surface area contributed by atoms with Crippen LogP contribution in [0.25, 0.3) is 0 Å². The summed E-state index contributed by atoms with van der Waals surface area (Å²) in [6, 6.07) is 20.4. The molecule has 0 radical (unpaired) electrons. The van der Waals surface area contributed by atoms with Crippen LogP contribution < -0.4 is 36.1 Å². The second-order valence-corrected chi connectivity index (χ2v) is 12.5. The van der Waals surface area contributed by atoms with E-state index in [4.69, 9.17) is 9.47 Å². The Morgan fingerprint density at radius 2 is 1.64 bits per heavy atom. The maximum Gasteiger partial charge on any atom is 0.255 e. The highest BCUT2D eigenvalue weighted by molar-refractivity contribution is 6.01. The van der Waals surface area contributed by atoms with E-state index >= 15 is 0 Å². The smallest absolute Gasteiger partial charge is 0.255 e. The van der Waals surface area contributed by atoms with Crippen LogP contribution in [0.1, 0.15) is 54.6 Å². The van der Waals surface area contributed by atoms with Gasteiger partial charge in [0.2, 0.25) is 23.6 Å². The fourth-order valence-corrected chi connectivity index (χ4v) is 5.54. The van der Waals surface area contributed by atoms with Gasteiger partial charge in [0, 0.05) is 19.5 Å². The number of carbonyl (C=O) groups excluding carboxylic acids is 5. The molecule has 5 amide bonds. The molecule has 0 bridgehead atoms.